The smallest absolute Gasteiger partial charge is 0.137 e. The highest BCUT2D eigenvalue weighted by molar-refractivity contribution is 7.12. The first-order valence-corrected chi connectivity index (χ1v) is 9.85. The zero-order valence-corrected chi connectivity index (χ0v) is 16.2. The van der Waals surface area contributed by atoms with Crippen molar-refractivity contribution >= 4 is 11.3 Å². The molecule has 3 heterocycles. The van der Waals surface area contributed by atoms with Crippen molar-refractivity contribution in [3.63, 3.8) is 0 Å². The molecule has 4 nitrogen and oxygen atoms in total. The number of nitrogens with zero attached hydrogens (tertiary/aromatic N) is 2. The second-order valence-corrected chi connectivity index (χ2v) is 7.66. The van der Waals surface area contributed by atoms with Crippen LogP contribution in [0.1, 0.15) is 39.9 Å². The number of nitrogens with one attached hydrogen (secondary N) is 2. The van der Waals surface area contributed by atoms with E-state index in [4.69, 9.17) is 0 Å². The minimum atomic E-state index is 0.214. The second kappa shape index (κ2) is 7.86. The normalized spacial score (nSPS) is 13.4. The summed E-state index contributed by atoms with van der Waals surface area (Å²) < 4.78 is 0. The van der Waals surface area contributed by atoms with Gasteiger partial charge in [0.25, 0.3) is 0 Å². The number of H-pyrrole nitrogens is 1. The molecular weight excluding hydrogens is 352 g/mol. The van der Waals surface area contributed by atoms with Gasteiger partial charge in [0.2, 0.25) is 0 Å². The summed E-state index contributed by atoms with van der Waals surface area (Å²) in [6.07, 6.45) is 5.51. The van der Waals surface area contributed by atoms with Crippen molar-refractivity contribution in [2.24, 2.45) is 0 Å². The van der Waals surface area contributed by atoms with Gasteiger partial charge in [-0.25, -0.2) is 4.98 Å². The number of pyridine rings is 1. The number of rotatable bonds is 6. The summed E-state index contributed by atoms with van der Waals surface area (Å²) in [6.45, 7) is 2.22. The van der Waals surface area contributed by atoms with Crippen LogP contribution in [-0.2, 0) is 0 Å². The van der Waals surface area contributed by atoms with Gasteiger partial charge in [-0.1, -0.05) is 37.3 Å². The number of hydrogen-bond acceptors (Lipinski definition) is 4. The lowest BCUT2D eigenvalue weighted by atomic mass is 10.0. The molecule has 2 atom stereocenters. The third kappa shape index (κ3) is 3.70. The summed E-state index contributed by atoms with van der Waals surface area (Å²) in [5, 5.41) is 3.44. The maximum absolute atomic E-state index is 4.55. The summed E-state index contributed by atoms with van der Waals surface area (Å²) in [5.74, 6) is 1.15. The van der Waals surface area contributed by atoms with Crippen molar-refractivity contribution in [3.8, 4) is 11.4 Å². The zero-order valence-electron chi connectivity index (χ0n) is 15.4. The number of imidazole rings is 1. The summed E-state index contributed by atoms with van der Waals surface area (Å²) >= 11 is 1.85. The molecule has 27 heavy (non-hydrogen) atoms. The maximum atomic E-state index is 4.55. The van der Waals surface area contributed by atoms with E-state index in [0.29, 0.717) is 0 Å². The van der Waals surface area contributed by atoms with Gasteiger partial charge in [-0.15, -0.1) is 11.3 Å². The van der Waals surface area contributed by atoms with Crippen molar-refractivity contribution in [2.75, 3.05) is 7.05 Å². The molecule has 0 radical (unpaired) electrons. The first kappa shape index (κ1) is 17.6. The molecule has 0 bridgehead atoms. The Kier molecular flexibility index (Phi) is 5.14. The average molecular weight is 375 g/mol. The van der Waals surface area contributed by atoms with Crippen LogP contribution in [0, 0.1) is 0 Å². The fraction of sp³-hybridized carbons (Fsp3) is 0.182. The quantitative estimate of drug-likeness (QED) is 0.500. The molecule has 0 spiro atoms. The Hall–Kier alpha value is -2.76. The molecule has 0 saturated heterocycles. The lowest BCUT2D eigenvalue weighted by Crippen LogP contribution is -2.16. The highest BCUT2D eigenvalue weighted by atomic mass is 32.1. The van der Waals surface area contributed by atoms with Gasteiger partial charge in [-0.05, 0) is 36.9 Å². The molecule has 2 N–H and O–H groups in total. The largest absolute Gasteiger partial charge is 0.341 e. The number of aromatic amines is 1. The molecule has 4 aromatic rings. The van der Waals surface area contributed by atoms with Crippen molar-refractivity contribution in [3.05, 3.63) is 94.2 Å². The SMILES string of the molecule is CNC(c1ccccc1)c1ccc(C(C)c2cnc(-c3ccncc3)[nH]2)s1. The van der Waals surface area contributed by atoms with E-state index < -0.39 is 0 Å². The van der Waals surface area contributed by atoms with Crippen LogP contribution in [-0.4, -0.2) is 22.0 Å². The van der Waals surface area contributed by atoms with Gasteiger partial charge in [0.15, 0.2) is 0 Å². The fourth-order valence-electron chi connectivity index (χ4n) is 3.24. The van der Waals surface area contributed by atoms with Crippen LogP contribution in [0.3, 0.4) is 0 Å². The van der Waals surface area contributed by atoms with E-state index in [-0.39, 0.29) is 12.0 Å². The molecule has 0 saturated carbocycles. The van der Waals surface area contributed by atoms with E-state index in [1.807, 2.05) is 36.7 Å². The Morgan fingerprint density at radius 2 is 1.70 bits per heavy atom. The summed E-state index contributed by atoms with van der Waals surface area (Å²) in [4.78, 5) is 14.7. The molecule has 0 aliphatic heterocycles. The predicted octanol–water partition coefficient (Wildman–Crippen LogP) is 4.99. The molecule has 0 amide bonds. The standard InChI is InChI=1S/C22H22N4S/c1-15(18-14-25-22(26-18)17-10-12-24-13-11-17)19-8-9-20(27-19)21(23-2)16-6-4-3-5-7-16/h3-15,21,23H,1-2H3,(H,25,26). The lowest BCUT2D eigenvalue weighted by molar-refractivity contribution is 0.704. The minimum Gasteiger partial charge on any atom is -0.341 e. The third-order valence-corrected chi connectivity index (χ3v) is 6.13. The molecule has 136 valence electrons. The van der Waals surface area contributed by atoms with E-state index in [9.17, 15) is 0 Å². The van der Waals surface area contributed by atoms with Crippen molar-refractivity contribution in [1.29, 1.82) is 0 Å². The molecular formula is C22H22N4S. The van der Waals surface area contributed by atoms with Crippen LogP contribution in [0.4, 0.5) is 0 Å². The van der Waals surface area contributed by atoms with Gasteiger partial charge < -0.3 is 10.3 Å². The van der Waals surface area contributed by atoms with Gasteiger partial charge in [-0.2, -0.15) is 0 Å². The van der Waals surface area contributed by atoms with E-state index in [0.717, 1.165) is 17.1 Å². The fourth-order valence-corrected chi connectivity index (χ4v) is 4.46. The van der Waals surface area contributed by atoms with Crippen LogP contribution >= 0.6 is 11.3 Å². The Morgan fingerprint density at radius 1 is 0.963 bits per heavy atom. The average Bonchev–Trinajstić information content (AvgIpc) is 3.40. The van der Waals surface area contributed by atoms with Gasteiger partial charge in [0.05, 0.1) is 6.04 Å². The summed E-state index contributed by atoms with van der Waals surface area (Å²) in [6, 6.07) is 19.2. The zero-order chi connectivity index (χ0) is 18.6. The molecule has 0 fully saturated rings. The van der Waals surface area contributed by atoms with Crippen LogP contribution in [0.15, 0.2) is 73.2 Å². The van der Waals surface area contributed by atoms with Crippen LogP contribution in [0.5, 0.6) is 0 Å². The molecule has 1 aromatic carbocycles. The van der Waals surface area contributed by atoms with Crippen LogP contribution in [0.25, 0.3) is 11.4 Å². The third-order valence-electron chi connectivity index (χ3n) is 4.80. The monoisotopic (exact) mass is 374 g/mol. The number of aromatic nitrogens is 3. The van der Waals surface area contributed by atoms with Gasteiger partial charge in [0.1, 0.15) is 5.82 Å². The van der Waals surface area contributed by atoms with Gasteiger partial charge in [-0.3, -0.25) is 4.98 Å². The Balaban J connectivity index is 1.57. The number of benzene rings is 1. The number of hydrogen-bond donors (Lipinski definition) is 2. The minimum absolute atomic E-state index is 0.214. The summed E-state index contributed by atoms with van der Waals surface area (Å²) in [7, 11) is 2.01. The van der Waals surface area contributed by atoms with Crippen LogP contribution in [0.2, 0.25) is 0 Å². The highest BCUT2D eigenvalue weighted by Gasteiger charge is 2.18. The first-order valence-electron chi connectivity index (χ1n) is 9.03. The Labute approximate surface area is 163 Å². The van der Waals surface area contributed by atoms with Crippen molar-refractivity contribution in [2.45, 2.75) is 18.9 Å². The second-order valence-electron chi connectivity index (χ2n) is 6.52. The maximum Gasteiger partial charge on any atom is 0.137 e. The predicted molar refractivity (Wildman–Crippen MR) is 111 cm³/mol. The van der Waals surface area contributed by atoms with E-state index >= 15 is 0 Å². The van der Waals surface area contributed by atoms with Crippen molar-refractivity contribution < 1.29 is 0 Å². The van der Waals surface area contributed by atoms with Gasteiger partial charge >= 0.3 is 0 Å². The summed E-state index contributed by atoms with van der Waals surface area (Å²) in [5.41, 5.74) is 3.45. The molecule has 0 aliphatic carbocycles. The van der Waals surface area contributed by atoms with Crippen molar-refractivity contribution in [1.82, 2.24) is 20.3 Å². The van der Waals surface area contributed by atoms with E-state index in [1.54, 1.807) is 12.4 Å². The lowest BCUT2D eigenvalue weighted by Gasteiger charge is -2.15. The molecule has 3 aromatic heterocycles. The van der Waals surface area contributed by atoms with E-state index in [1.165, 1.54) is 15.3 Å². The van der Waals surface area contributed by atoms with E-state index in [2.05, 4.69) is 69.7 Å². The molecule has 0 aliphatic rings. The molecule has 4 rings (SSSR count). The topological polar surface area (TPSA) is 53.6 Å². The molecule has 2 unspecified atom stereocenters. The number of thiophene rings is 1. The highest BCUT2D eigenvalue weighted by Crippen LogP contribution is 2.34. The van der Waals surface area contributed by atoms with Crippen LogP contribution < -0.4 is 5.32 Å². The molecule has 5 heteroatoms. The first-order chi connectivity index (χ1) is 13.3. The Morgan fingerprint density at radius 3 is 2.44 bits per heavy atom. The Bertz CT molecular complexity index is 991. The van der Waals surface area contributed by atoms with Gasteiger partial charge in [0, 0.05) is 45.5 Å².